The van der Waals surface area contributed by atoms with Crippen LogP contribution < -0.4 is 0 Å². The Morgan fingerprint density at radius 1 is 0.625 bits per heavy atom. The molecule has 3 nitrogen and oxygen atoms in total. The molecule has 0 aliphatic heterocycles. The summed E-state index contributed by atoms with van der Waals surface area (Å²) in [6.45, 7) is 0. The van der Waals surface area contributed by atoms with Gasteiger partial charge in [-0.1, -0.05) is 0 Å². The topological polar surface area (TPSA) is 94.5 Å². The van der Waals surface area contributed by atoms with Crippen molar-refractivity contribution < 1.29 is 16.4 Å². The second kappa shape index (κ2) is 9.34. The van der Waals surface area contributed by atoms with Crippen LogP contribution in [0.2, 0.25) is 0 Å². The van der Waals surface area contributed by atoms with Crippen LogP contribution in [-0.4, -0.2) is 22.3 Å². The van der Waals surface area contributed by atoms with Gasteiger partial charge in [0, 0.05) is 0 Å². The van der Waals surface area contributed by atoms with E-state index in [0.29, 0.717) is 0 Å². The summed E-state index contributed by atoms with van der Waals surface area (Å²) in [5.74, 6) is -1.75. The summed E-state index contributed by atoms with van der Waals surface area (Å²) in [5.41, 5.74) is 0. The monoisotopic (exact) mass is 444 g/mol. The molecule has 0 heterocycles. The van der Waals surface area contributed by atoms with Crippen LogP contribution in [0.4, 0.5) is 0 Å². The number of rotatable bonds is 0. The third-order valence-corrected chi connectivity index (χ3v) is 0. The summed E-state index contributed by atoms with van der Waals surface area (Å²) < 4.78 is 0. The van der Waals surface area contributed by atoms with Gasteiger partial charge in [-0.15, -0.1) is 0 Å². The van der Waals surface area contributed by atoms with Crippen LogP contribution in [0.5, 0.6) is 0 Å². The van der Waals surface area contributed by atoms with Gasteiger partial charge in [-0.25, -0.2) is 0 Å². The Bertz CT molecular complexity index is 26.8. The van der Waals surface area contributed by atoms with E-state index in [0.717, 1.165) is 0 Å². The van der Waals surface area contributed by atoms with Gasteiger partial charge in [0.2, 0.25) is 0 Å². The van der Waals surface area contributed by atoms with Gasteiger partial charge in [-0.05, 0) is 0 Å². The van der Waals surface area contributed by atoms with E-state index in [4.69, 9.17) is 0 Å². The van der Waals surface area contributed by atoms with Gasteiger partial charge < -0.3 is 16.4 Å². The zero-order chi connectivity index (χ0) is 4.50. The second-order valence-corrected chi connectivity index (χ2v) is 60.1. The van der Waals surface area contributed by atoms with E-state index in [1.165, 1.54) is 0 Å². The number of hydrogen-bond acceptors (Lipinski definition) is 0. The summed E-state index contributed by atoms with van der Waals surface area (Å²) >= 11 is 13.2. The Morgan fingerprint density at radius 3 is 0.625 bits per heavy atom. The minimum atomic E-state index is -1.75. The number of halogens is 4. The Balaban J connectivity index is -0.0000000267. The van der Waals surface area contributed by atoms with E-state index in [-0.39, 0.29) is 16.4 Å². The van der Waals surface area contributed by atoms with E-state index < -0.39 is 5.90 Å². The molecule has 6 N–H and O–H groups in total. The van der Waals surface area contributed by atoms with Crippen molar-refractivity contribution in [2.75, 3.05) is 0 Å². The van der Waals surface area contributed by atoms with Crippen molar-refractivity contribution in [2.45, 2.75) is 0 Å². The van der Waals surface area contributed by atoms with Crippen molar-refractivity contribution in [3.63, 3.8) is 0 Å². The molecule has 0 atom stereocenters. The minimum absolute atomic E-state index is 0. The molecule has 8 heavy (non-hydrogen) atoms. The van der Waals surface area contributed by atoms with Crippen LogP contribution in [-0.2, 0) is 0 Å². The molecule has 0 unspecified atom stereocenters. The quantitative estimate of drug-likeness (QED) is 0.486. The summed E-state index contributed by atoms with van der Waals surface area (Å²) in [5, 5.41) is 0. The average molecular weight is 446 g/mol. The Morgan fingerprint density at radius 2 is 0.625 bits per heavy atom. The summed E-state index contributed by atoms with van der Waals surface area (Å²) in [4.78, 5) is 0. The molecule has 0 fully saturated rings. The molecular weight excluding hydrogens is 440 g/mol. The first kappa shape index (κ1) is 22.4. The summed E-state index contributed by atoms with van der Waals surface area (Å²) in [6.07, 6.45) is 0. The molecule has 0 aromatic heterocycles. The zero-order valence-electron chi connectivity index (χ0n) is 3.51. The van der Waals surface area contributed by atoms with Gasteiger partial charge in [0.1, 0.15) is 0 Å². The molecule has 0 amide bonds. The predicted octanol–water partition coefficient (Wildman–Crippen LogP) is 0.527. The normalized spacial score (nSPS) is 7.50. The molecule has 0 spiro atoms. The van der Waals surface area contributed by atoms with Crippen LogP contribution in [0.15, 0.2) is 0 Å². The van der Waals surface area contributed by atoms with E-state index >= 15 is 0 Å². The van der Waals surface area contributed by atoms with E-state index in [2.05, 4.69) is 56.0 Å². The van der Waals surface area contributed by atoms with Crippen LogP contribution in [0.3, 0.4) is 0 Å². The molecule has 56 valence electrons. The van der Waals surface area contributed by atoms with E-state index in [9.17, 15) is 0 Å². The van der Waals surface area contributed by atoms with Gasteiger partial charge >= 0.3 is 61.9 Å². The van der Waals surface area contributed by atoms with Crippen LogP contribution >= 0.6 is 56.0 Å². The SMILES string of the molecule is O.O.O.[Br][Ge]([Br])([Br])[Br]. The first-order valence-electron chi connectivity index (χ1n) is 0.756. The van der Waals surface area contributed by atoms with Crippen molar-refractivity contribution in [1.29, 1.82) is 0 Å². The van der Waals surface area contributed by atoms with Gasteiger partial charge in [-0.2, -0.15) is 0 Å². The predicted molar refractivity (Wildman–Crippen MR) is 52.3 cm³/mol. The first-order chi connectivity index (χ1) is 2.00. The first-order valence-corrected chi connectivity index (χ1v) is 20.4. The zero-order valence-corrected chi connectivity index (χ0v) is 12.0. The molecule has 0 radical (unpaired) electrons. The molecule has 0 saturated heterocycles. The van der Waals surface area contributed by atoms with Gasteiger partial charge in [0.15, 0.2) is 0 Å². The van der Waals surface area contributed by atoms with Gasteiger partial charge in [0.25, 0.3) is 0 Å². The van der Waals surface area contributed by atoms with Crippen LogP contribution in [0.25, 0.3) is 0 Å². The molecule has 0 rings (SSSR count). The van der Waals surface area contributed by atoms with Crippen LogP contribution in [0.1, 0.15) is 0 Å². The molecule has 8 heteroatoms. The van der Waals surface area contributed by atoms with E-state index in [1.807, 2.05) is 0 Å². The van der Waals surface area contributed by atoms with Crippen molar-refractivity contribution in [3.8, 4) is 0 Å². The van der Waals surface area contributed by atoms with Crippen LogP contribution in [0, 0.1) is 0 Å². The molecule has 0 aromatic rings. The van der Waals surface area contributed by atoms with Crippen molar-refractivity contribution >= 4 is 61.9 Å². The fraction of sp³-hybridized carbons (Fsp3) is 0. The van der Waals surface area contributed by atoms with Gasteiger partial charge in [-0.3, -0.25) is 0 Å². The maximum atomic E-state index is 3.31. The summed E-state index contributed by atoms with van der Waals surface area (Å²) in [6, 6.07) is 0. The average Bonchev–Trinajstić information content (AvgIpc) is 0.722. The fourth-order valence-electron chi connectivity index (χ4n) is 0. The third-order valence-electron chi connectivity index (χ3n) is 0. The van der Waals surface area contributed by atoms with E-state index in [1.54, 1.807) is 0 Å². The standard InChI is InChI=1S/Br4Ge.3H2O/c1-5(2,3)4;;;/h;3*1H2. The van der Waals surface area contributed by atoms with Gasteiger partial charge in [0.05, 0.1) is 0 Å². The molecule has 0 aromatic carbocycles. The summed E-state index contributed by atoms with van der Waals surface area (Å²) in [7, 11) is 0. The van der Waals surface area contributed by atoms with Crippen molar-refractivity contribution in [1.82, 2.24) is 0 Å². The maximum absolute atomic E-state index is 3.31. The molecule has 0 saturated carbocycles. The molecule has 0 aliphatic rings. The Labute approximate surface area is 77.4 Å². The fourth-order valence-corrected chi connectivity index (χ4v) is 0. The third kappa shape index (κ3) is 82.0. The molecular formula is H6Br4GeO3. The number of hydrogen-bond donors (Lipinski definition) is 0. The Hall–Kier alpha value is 2.34. The second-order valence-electron chi connectivity index (χ2n) is 0.429. The molecule has 0 aliphatic carbocycles. The van der Waals surface area contributed by atoms with Crippen molar-refractivity contribution in [2.24, 2.45) is 0 Å². The Kier molecular flexibility index (Phi) is 26.2. The van der Waals surface area contributed by atoms with Crippen molar-refractivity contribution in [3.05, 3.63) is 0 Å². The molecule has 0 bridgehead atoms.